The highest BCUT2D eigenvalue weighted by Gasteiger charge is 2.07. The number of nitriles is 1. The van der Waals surface area contributed by atoms with Crippen LogP contribution in [0, 0.1) is 11.3 Å². The van der Waals surface area contributed by atoms with Crippen LogP contribution >= 0.6 is 0 Å². The molecule has 26 heavy (non-hydrogen) atoms. The molecule has 1 aromatic heterocycles. The molecule has 0 spiro atoms. The number of fused-ring (bicyclic) bond motifs is 3. The number of hydrogen-bond acceptors (Lipinski definition) is 2. The minimum atomic E-state index is 0.603. The highest BCUT2D eigenvalue weighted by molar-refractivity contribution is 6.06. The lowest BCUT2D eigenvalue weighted by Crippen LogP contribution is -1.84. The first-order chi connectivity index (χ1) is 12.8. The van der Waals surface area contributed by atoms with Crippen LogP contribution in [0.5, 0.6) is 0 Å². The second-order valence-electron chi connectivity index (χ2n) is 6.19. The molecule has 0 radical (unpaired) electrons. The highest BCUT2D eigenvalue weighted by Crippen LogP contribution is 2.32. The Morgan fingerprint density at radius 2 is 1.65 bits per heavy atom. The van der Waals surface area contributed by atoms with Crippen LogP contribution in [0.3, 0.4) is 0 Å². The number of rotatable bonds is 4. The molecule has 0 unspecified atom stereocenters. The first-order valence-electron chi connectivity index (χ1n) is 8.52. The number of nitrogens with zero attached hydrogens (tertiary/aromatic N) is 1. The largest absolute Gasteiger partial charge is 0.456 e. The van der Waals surface area contributed by atoms with Crippen molar-refractivity contribution in [2.75, 3.05) is 0 Å². The summed E-state index contributed by atoms with van der Waals surface area (Å²) in [6, 6.07) is 25.0. The summed E-state index contributed by atoms with van der Waals surface area (Å²) >= 11 is 0. The van der Waals surface area contributed by atoms with Gasteiger partial charge in [-0.2, -0.15) is 5.26 Å². The first kappa shape index (κ1) is 15.9. The number of para-hydroxylation sites is 1. The van der Waals surface area contributed by atoms with Crippen LogP contribution < -0.4 is 0 Å². The van der Waals surface area contributed by atoms with Crippen LogP contribution in [0.1, 0.15) is 5.56 Å². The molecule has 0 N–H and O–H groups in total. The van der Waals surface area contributed by atoms with E-state index in [0.29, 0.717) is 5.57 Å². The molecule has 3 aromatic carbocycles. The van der Waals surface area contributed by atoms with Crippen molar-refractivity contribution >= 4 is 21.9 Å². The number of benzene rings is 3. The molecule has 4 rings (SSSR count). The lowest BCUT2D eigenvalue weighted by atomic mass is 10.0. The van der Waals surface area contributed by atoms with E-state index >= 15 is 0 Å². The van der Waals surface area contributed by atoms with E-state index in [1.807, 2.05) is 30.3 Å². The van der Waals surface area contributed by atoms with Gasteiger partial charge in [0.15, 0.2) is 0 Å². The molecule has 2 heteroatoms. The van der Waals surface area contributed by atoms with Crippen molar-refractivity contribution in [3.8, 4) is 17.2 Å². The first-order valence-corrected chi connectivity index (χ1v) is 8.52. The van der Waals surface area contributed by atoms with E-state index in [1.54, 1.807) is 6.08 Å². The van der Waals surface area contributed by atoms with Gasteiger partial charge < -0.3 is 4.42 Å². The van der Waals surface area contributed by atoms with Gasteiger partial charge >= 0.3 is 0 Å². The smallest absolute Gasteiger partial charge is 0.135 e. The van der Waals surface area contributed by atoms with Crippen molar-refractivity contribution in [1.82, 2.24) is 0 Å². The summed E-state index contributed by atoms with van der Waals surface area (Å²) in [5, 5.41) is 11.2. The van der Waals surface area contributed by atoms with Gasteiger partial charge in [0.25, 0.3) is 0 Å². The summed E-state index contributed by atoms with van der Waals surface area (Å²) in [6.07, 6.45) is 4.20. The van der Waals surface area contributed by atoms with Crippen LogP contribution in [0.15, 0.2) is 95.5 Å². The average Bonchev–Trinajstić information content (AvgIpc) is 3.07. The summed E-state index contributed by atoms with van der Waals surface area (Å²) in [5.41, 5.74) is 5.91. The van der Waals surface area contributed by atoms with Gasteiger partial charge in [-0.1, -0.05) is 67.3 Å². The fraction of sp³-hybridized carbons (Fsp3) is 0.0417. The van der Waals surface area contributed by atoms with Crippen molar-refractivity contribution in [1.29, 1.82) is 5.26 Å². The summed E-state index contributed by atoms with van der Waals surface area (Å²) in [4.78, 5) is 0. The molecule has 0 saturated heterocycles. The Bertz CT molecular complexity index is 1170. The predicted molar refractivity (Wildman–Crippen MR) is 107 cm³/mol. The molecule has 4 aromatic rings. The van der Waals surface area contributed by atoms with Crippen LogP contribution in [0.25, 0.3) is 33.1 Å². The summed E-state index contributed by atoms with van der Waals surface area (Å²) in [7, 11) is 0. The third-order valence-corrected chi connectivity index (χ3v) is 4.57. The van der Waals surface area contributed by atoms with Crippen molar-refractivity contribution in [2.45, 2.75) is 6.42 Å². The number of hydrogen-bond donors (Lipinski definition) is 0. The Morgan fingerprint density at radius 3 is 2.42 bits per heavy atom. The molecule has 0 fully saturated rings. The fourth-order valence-electron chi connectivity index (χ4n) is 3.14. The molecule has 1 heterocycles. The molecule has 0 amide bonds. The van der Waals surface area contributed by atoms with E-state index in [2.05, 4.69) is 55.1 Å². The summed E-state index contributed by atoms with van der Waals surface area (Å²) in [5.74, 6) is 0. The second-order valence-corrected chi connectivity index (χ2v) is 6.19. The number of allylic oxidation sites excluding steroid dienone is 3. The van der Waals surface area contributed by atoms with E-state index in [-0.39, 0.29) is 0 Å². The minimum absolute atomic E-state index is 0.603. The van der Waals surface area contributed by atoms with Crippen LogP contribution in [-0.4, -0.2) is 0 Å². The zero-order valence-electron chi connectivity index (χ0n) is 14.3. The third kappa shape index (κ3) is 2.92. The Hall–Kier alpha value is -3.57. The van der Waals surface area contributed by atoms with Gasteiger partial charge in [-0.25, -0.2) is 0 Å². The Labute approximate surface area is 152 Å². The summed E-state index contributed by atoms with van der Waals surface area (Å²) < 4.78 is 5.90. The van der Waals surface area contributed by atoms with Crippen molar-refractivity contribution < 1.29 is 4.42 Å². The van der Waals surface area contributed by atoms with Gasteiger partial charge in [-0.15, -0.1) is 0 Å². The van der Waals surface area contributed by atoms with Crippen molar-refractivity contribution in [2.24, 2.45) is 0 Å². The Balaban J connectivity index is 1.67. The Kier molecular flexibility index (Phi) is 4.13. The molecule has 0 aliphatic rings. The molecule has 0 atom stereocenters. The van der Waals surface area contributed by atoms with E-state index in [4.69, 9.17) is 9.68 Å². The van der Waals surface area contributed by atoms with Gasteiger partial charge in [-0.3, -0.25) is 0 Å². The standard InChI is InChI=1S/C24H17NO/c1-2-17(16-25)7-8-18-9-11-19(12-10-18)20-13-14-24-22(15-20)21-5-3-4-6-23(21)26-24/h2-7,9-15H,1,8H2/b17-7+. The van der Waals surface area contributed by atoms with E-state index < -0.39 is 0 Å². The van der Waals surface area contributed by atoms with E-state index in [9.17, 15) is 0 Å². The third-order valence-electron chi connectivity index (χ3n) is 4.57. The van der Waals surface area contributed by atoms with Crippen LogP contribution in [-0.2, 0) is 6.42 Å². The number of furan rings is 1. The molecule has 0 aliphatic carbocycles. The molecule has 124 valence electrons. The molecule has 0 aliphatic heterocycles. The normalized spacial score (nSPS) is 11.6. The zero-order valence-corrected chi connectivity index (χ0v) is 14.3. The average molecular weight is 335 g/mol. The van der Waals surface area contributed by atoms with Crippen LogP contribution in [0.4, 0.5) is 0 Å². The molecular formula is C24H17NO. The van der Waals surface area contributed by atoms with Crippen molar-refractivity contribution in [3.05, 3.63) is 96.6 Å². The van der Waals surface area contributed by atoms with Crippen molar-refractivity contribution in [3.63, 3.8) is 0 Å². The molecule has 0 saturated carbocycles. The van der Waals surface area contributed by atoms with Gasteiger partial charge in [0.1, 0.15) is 11.2 Å². The van der Waals surface area contributed by atoms with Gasteiger partial charge in [0.05, 0.1) is 6.07 Å². The predicted octanol–water partition coefficient (Wildman–Crippen LogP) is 6.43. The molecular weight excluding hydrogens is 318 g/mol. The van der Waals surface area contributed by atoms with Gasteiger partial charge in [-0.05, 0) is 41.3 Å². The lowest BCUT2D eigenvalue weighted by molar-refractivity contribution is 0.669. The van der Waals surface area contributed by atoms with Gasteiger partial charge in [0, 0.05) is 16.3 Å². The molecule has 2 nitrogen and oxygen atoms in total. The monoisotopic (exact) mass is 335 g/mol. The van der Waals surface area contributed by atoms with Gasteiger partial charge in [0.2, 0.25) is 0 Å². The minimum Gasteiger partial charge on any atom is -0.456 e. The lowest BCUT2D eigenvalue weighted by Gasteiger charge is -2.04. The maximum Gasteiger partial charge on any atom is 0.135 e. The summed E-state index contributed by atoms with van der Waals surface area (Å²) in [6.45, 7) is 3.64. The van der Waals surface area contributed by atoms with Crippen LogP contribution in [0.2, 0.25) is 0 Å². The SMILES string of the molecule is C=C/C(C#N)=C\Cc1ccc(-c2ccc3oc4ccccc4c3c2)cc1. The zero-order chi connectivity index (χ0) is 17.9. The maximum absolute atomic E-state index is 8.94. The topological polar surface area (TPSA) is 36.9 Å². The molecule has 0 bridgehead atoms. The van der Waals surface area contributed by atoms with E-state index in [0.717, 1.165) is 45.0 Å². The van der Waals surface area contributed by atoms with E-state index in [1.165, 1.54) is 0 Å². The fourth-order valence-corrected chi connectivity index (χ4v) is 3.14. The maximum atomic E-state index is 8.94. The highest BCUT2D eigenvalue weighted by atomic mass is 16.3. The Morgan fingerprint density at radius 1 is 0.923 bits per heavy atom. The quantitative estimate of drug-likeness (QED) is 0.318. The second kappa shape index (κ2) is 6.74.